The maximum Gasteiger partial charge on any atom is 0.0969 e. The van der Waals surface area contributed by atoms with Crippen molar-refractivity contribution in [2.45, 2.75) is 57.9 Å². The van der Waals surface area contributed by atoms with Crippen molar-refractivity contribution in [1.82, 2.24) is 4.90 Å². The Morgan fingerprint density at radius 3 is 2.47 bits per heavy atom. The van der Waals surface area contributed by atoms with Crippen molar-refractivity contribution in [2.75, 3.05) is 19.6 Å². The van der Waals surface area contributed by atoms with Gasteiger partial charge in [0, 0.05) is 12.0 Å². The molecule has 1 aliphatic heterocycles. The summed E-state index contributed by atoms with van der Waals surface area (Å²) >= 11 is 0. The summed E-state index contributed by atoms with van der Waals surface area (Å²) < 4.78 is 0. The van der Waals surface area contributed by atoms with Gasteiger partial charge in [0.2, 0.25) is 0 Å². The van der Waals surface area contributed by atoms with Crippen molar-refractivity contribution < 1.29 is 0 Å². The highest BCUT2D eigenvalue weighted by molar-refractivity contribution is 5.82. The summed E-state index contributed by atoms with van der Waals surface area (Å²) in [7, 11) is 0. The Kier molecular flexibility index (Phi) is 4.84. The second kappa shape index (κ2) is 6.39. The maximum absolute atomic E-state index is 6.13. The van der Waals surface area contributed by atoms with E-state index in [-0.39, 0.29) is 0 Å². The van der Waals surface area contributed by atoms with E-state index in [2.05, 4.69) is 16.8 Å². The molecule has 2 fully saturated rings. The summed E-state index contributed by atoms with van der Waals surface area (Å²) in [4.78, 5) is 7.18. The van der Waals surface area contributed by atoms with E-state index in [0.717, 1.165) is 12.4 Å². The minimum Gasteiger partial charge on any atom is -0.387 e. The summed E-state index contributed by atoms with van der Waals surface area (Å²) in [6.07, 6.45) is 9.28. The van der Waals surface area contributed by atoms with Crippen LogP contribution in [0.25, 0.3) is 0 Å². The van der Waals surface area contributed by atoms with Gasteiger partial charge >= 0.3 is 0 Å². The first kappa shape index (κ1) is 12.9. The minimum absolute atomic E-state index is 0.569. The van der Waals surface area contributed by atoms with E-state index in [1.165, 1.54) is 58.0 Å². The van der Waals surface area contributed by atoms with Gasteiger partial charge in [0.05, 0.1) is 12.4 Å². The molecule has 3 heteroatoms. The van der Waals surface area contributed by atoms with Gasteiger partial charge in [-0.05, 0) is 45.7 Å². The molecule has 17 heavy (non-hydrogen) atoms. The summed E-state index contributed by atoms with van der Waals surface area (Å²) in [5, 5.41) is 0. The first-order chi connectivity index (χ1) is 8.27. The number of aliphatic imine (C=N–C) groups is 1. The van der Waals surface area contributed by atoms with Crippen LogP contribution in [0.2, 0.25) is 0 Å². The van der Waals surface area contributed by atoms with Gasteiger partial charge in [0.1, 0.15) is 0 Å². The molecule has 1 aliphatic carbocycles. The molecular formula is C14H27N3. The van der Waals surface area contributed by atoms with Crippen molar-refractivity contribution >= 4 is 5.84 Å². The molecule has 98 valence electrons. The molecule has 1 heterocycles. The lowest BCUT2D eigenvalue weighted by molar-refractivity contribution is 0.264. The van der Waals surface area contributed by atoms with E-state index in [1.54, 1.807) is 0 Å². The van der Waals surface area contributed by atoms with Gasteiger partial charge in [-0.2, -0.15) is 0 Å². The molecule has 0 bridgehead atoms. The van der Waals surface area contributed by atoms with Gasteiger partial charge in [-0.25, -0.2) is 0 Å². The van der Waals surface area contributed by atoms with E-state index < -0.39 is 0 Å². The molecule has 2 aliphatic rings. The monoisotopic (exact) mass is 237 g/mol. The van der Waals surface area contributed by atoms with Gasteiger partial charge in [-0.15, -0.1) is 0 Å². The largest absolute Gasteiger partial charge is 0.387 e. The predicted octanol–water partition coefficient (Wildman–Crippen LogP) is 2.41. The lowest BCUT2D eigenvalue weighted by Crippen LogP contribution is -2.34. The van der Waals surface area contributed by atoms with Crippen molar-refractivity contribution in [3.63, 3.8) is 0 Å². The SMILES string of the molecule is CC(CN=C(N)C1CCCCC1)N1CCCC1. The fourth-order valence-electron chi connectivity index (χ4n) is 3.06. The van der Waals surface area contributed by atoms with Crippen molar-refractivity contribution in [1.29, 1.82) is 0 Å². The molecular weight excluding hydrogens is 210 g/mol. The molecule has 2 rings (SSSR count). The number of nitrogens with zero attached hydrogens (tertiary/aromatic N) is 2. The third-order valence-electron chi connectivity index (χ3n) is 4.33. The predicted molar refractivity (Wildman–Crippen MR) is 73.3 cm³/mol. The standard InChI is InChI=1S/C14H27N3/c1-12(17-9-5-6-10-17)11-16-14(15)13-7-3-2-4-8-13/h12-13H,2-11H2,1H3,(H2,15,16). The summed E-state index contributed by atoms with van der Waals surface area (Å²) in [6.45, 7) is 5.67. The zero-order valence-electron chi connectivity index (χ0n) is 11.2. The molecule has 0 aromatic rings. The molecule has 2 N–H and O–H groups in total. The minimum atomic E-state index is 0.569. The number of likely N-dealkylation sites (tertiary alicyclic amines) is 1. The highest BCUT2D eigenvalue weighted by Gasteiger charge is 2.19. The second-order valence-corrected chi connectivity index (χ2v) is 5.69. The van der Waals surface area contributed by atoms with Crippen LogP contribution >= 0.6 is 0 Å². The van der Waals surface area contributed by atoms with E-state index in [1.807, 2.05) is 0 Å². The summed E-state index contributed by atoms with van der Waals surface area (Å²) in [5.74, 6) is 1.50. The fourth-order valence-corrected chi connectivity index (χ4v) is 3.06. The third-order valence-corrected chi connectivity index (χ3v) is 4.33. The molecule has 0 aromatic heterocycles. The van der Waals surface area contributed by atoms with E-state index in [0.29, 0.717) is 12.0 Å². The average molecular weight is 237 g/mol. The van der Waals surface area contributed by atoms with Crippen LogP contribution in [0, 0.1) is 5.92 Å². The number of rotatable bonds is 4. The molecule has 0 aromatic carbocycles. The first-order valence-corrected chi connectivity index (χ1v) is 7.31. The first-order valence-electron chi connectivity index (χ1n) is 7.31. The van der Waals surface area contributed by atoms with Crippen molar-refractivity contribution in [3.8, 4) is 0 Å². The van der Waals surface area contributed by atoms with Crippen LogP contribution in [0.5, 0.6) is 0 Å². The quantitative estimate of drug-likeness (QED) is 0.602. The molecule has 1 saturated heterocycles. The maximum atomic E-state index is 6.13. The Morgan fingerprint density at radius 1 is 1.18 bits per heavy atom. The highest BCUT2D eigenvalue weighted by atomic mass is 15.2. The number of hydrogen-bond acceptors (Lipinski definition) is 2. The van der Waals surface area contributed by atoms with Crippen LogP contribution in [0.4, 0.5) is 0 Å². The molecule has 1 unspecified atom stereocenters. The molecule has 1 atom stereocenters. The summed E-state index contributed by atoms with van der Waals surface area (Å²) in [6, 6.07) is 0.569. The highest BCUT2D eigenvalue weighted by Crippen LogP contribution is 2.23. The molecule has 3 nitrogen and oxygen atoms in total. The van der Waals surface area contributed by atoms with Crippen LogP contribution < -0.4 is 5.73 Å². The second-order valence-electron chi connectivity index (χ2n) is 5.69. The van der Waals surface area contributed by atoms with E-state index >= 15 is 0 Å². The van der Waals surface area contributed by atoms with Crippen molar-refractivity contribution in [3.05, 3.63) is 0 Å². The van der Waals surface area contributed by atoms with Gasteiger partial charge in [0.25, 0.3) is 0 Å². The number of hydrogen-bond donors (Lipinski definition) is 1. The molecule has 0 amide bonds. The van der Waals surface area contributed by atoms with Crippen LogP contribution in [0.1, 0.15) is 51.9 Å². The Balaban J connectivity index is 1.77. The zero-order valence-corrected chi connectivity index (χ0v) is 11.2. The van der Waals surface area contributed by atoms with Crippen LogP contribution in [-0.4, -0.2) is 36.4 Å². The topological polar surface area (TPSA) is 41.6 Å². The van der Waals surface area contributed by atoms with E-state index in [4.69, 9.17) is 5.73 Å². The van der Waals surface area contributed by atoms with Crippen LogP contribution in [0.15, 0.2) is 4.99 Å². The van der Waals surface area contributed by atoms with Gasteiger partial charge < -0.3 is 5.73 Å². The number of amidine groups is 1. The van der Waals surface area contributed by atoms with Gasteiger partial charge in [0.15, 0.2) is 0 Å². The Morgan fingerprint density at radius 2 is 1.82 bits per heavy atom. The molecule has 1 saturated carbocycles. The molecule has 0 radical (unpaired) electrons. The lowest BCUT2D eigenvalue weighted by Gasteiger charge is -2.24. The van der Waals surface area contributed by atoms with Crippen LogP contribution in [0.3, 0.4) is 0 Å². The van der Waals surface area contributed by atoms with Gasteiger partial charge in [-0.3, -0.25) is 9.89 Å². The average Bonchev–Trinajstić information content (AvgIpc) is 2.90. The lowest BCUT2D eigenvalue weighted by atomic mass is 9.88. The third kappa shape index (κ3) is 3.70. The summed E-state index contributed by atoms with van der Waals surface area (Å²) in [5.41, 5.74) is 6.13. The Bertz CT molecular complexity index is 250. The zero-order chi connectivity index (χ0) is 12.1. The normalized spacial score (nSPS) is 26.3. The smallest absolute Gasteiger partial charge is 0.0969 e. The van der Waals surface area contributed by atoms with E-state index in [9.17, 15) is 0 Å². The number of nitrogens with two attached hydrogens (primary N) is 1. The Labute approximate surface area is 105 Å². The molecule has 0 spiro atoms. The fraction of sp³-hybridized carbons (Fsp3) is 0.929. The van der Waals surface area contributed by atoms with Crippen LogP contribution in [-0.2, 0) is 0 Å². The van der Waals surface area contributed by atoms with Crippen molar-refractivity contribution in [2.24, 2.45) is 16.6 Å². The Hall–Kier alpha value is -0.570. The van der Waals surface area contributed by atoms with Gasteiger partial charge in [-0.1, -0.05) is 19.3 Å².